The molecule has 6 amide bonds. The Kier molecular flexibility index (Phi) is 13.0. The van der Waals surface area contributed by atoms with Gasteiger partial charge in [0.2, 0.25) is 35.4 Å². The molecule has 0 unspecified atom stereocenters. The molecule has 6 N–H and O–H groups in total. The van der Waals surface area contributed by atoms with Gasteiger partial charge in [-0.3, -0.25) is 28.8 Å². The smallest absolute Gasteiger partial charge is 0.326 e. The number of hydrogen-bond acceptors (Lipinski definition) is 9. The minimum Gasteiger partial charge on any atom is -0.480 e. The summed E-state index contributed by atoms with van der Waals surface area (Å²) in [6, 6.07) is -6.38. The topological polar surface area (TPSA) is 218 Å². The van der Waals surface area contributed by atoms with Crippen molar-refractivity contribution in [1.82, 2.24) is 36.0 Å². The van der Waals surface area contributed by atoms with E-state index in [2.05, 4.69) is 21.3 Å². The van der Waals surface area contributed by atoms with Crippen LogP contribution in [0.2, 0.25) is 0 Å². The van der Waals surface area contributed by atoms with Crippen LogP contribution >= 0.6 is 0 Å². The van der Waals surface area contributed by atoms with Gasteiger partial charge in [0.25, 0.3) is 0 Å². The Morgan fingerprint density at radius 3 is 1.71 bits per heavy atom. The highest BCUT2D eigenvalue weighted by molar-refractivity contribution is 5.97. The lowest BCUT2D eigenvalue weighted by Crippen LogP contribution is -2.60. The molecule has 16 nitrogen and oxygen atoms in total. The van der Waals surface area contributed by atoms with Gasteiger partial charge in [0, 0.05) is 19.6 Å². The van der Waals surface area contributed by atoms with Gasteiger partial charge in [-0.25, -0.2) is 4.79 Å². The zero-order valence-corrected chi connectivity index (χ0v) is 29.0. The van der Waals surface area contributed by atoms with Gasteiger partial charge in [-0.05, 0) is 69.7 Å². The van der Waals surface area contributed by atoms with Crippen molar-refractivity contribution in [3.05, 3.63) is 0 Å². The van der Waals surface area contributed by atoms with E-state index in [4.69, 9.17) is 0 Å². The molecule has 4 fully saturated rings. The number of rotatable bonds is 13. The molecule has 0 aromatic rings. The van der Waals surface area contributed by atoms with E-state index >= 15 is 0 Å². The molecule has 274 valence electrons. The largest absolute Gasteiger partial charge is 0.480 e. The third kappa shape index (κ3) is 8.69. The minimum absolute atomic E-state index is 0.142. The Hall–Kier alpha value is -3.79. The van der Waals surface area contributed by atoms with Crippen LogP contribution in [0.3, 0.4) is 0 Å². The fourth-order valence-corrected chi connectivity index (χ4v) is 7.37. The maximum absolute atomic E-state index is 13.9. The van der Waals surface area contributed by atoms with Crippen LogP contribution in [0.5, 0.6) is 0 Å². The fraction of sp³-hybridized carbons (Fsp3) is 0.788. The van der Waals surface area contributed by atoms with Gasteiger partial charge in [-0.2, -0.15) is 0 Å². The number of nitrogens with zero attached hydrogens (tertiary/aromatic N) is 3. The second kappa shape index (κ2) is 16.7. The molecule has 0 aromatic heterocycles. The Bertz CT molecular complexity index is 1270. The number of carboxylic acid groups (broad SMARTS) is 1. The van der Waals surface area contributed by atoms with Crippen molar-refractivity contribution >= 4 is 41.4 Å². The summed E-state index contributed by atoms with van der Waals surface area (Å²) in [5.74, 6) is -4.84. The van der Waals surface area contributed by atoms with Gasteiger partial charge in [-0.1, -0.05) is 27.7 Å². The Morgan fingerprint density at radius 1 is 0.673 bits per heavy atom. The summed E-state index contributed by atoms with van der Waals surface area (Å²) in [5.41, 5.74) is 0. The third-order valence-electron chi connectivity index (χ3n) is 10.1. The molecular weight excluding hydrogens is 638 g/mol. The molecule has 0 aromatic carbocycles. The van der Waals surface area contributed by atoms with Crippen molar-refractivity contribution in [2.45, 2.75) is 121 Å². The number of nitrogens with one attached hydrogen (secondary N) is 4. The second-order valence-electron chi connectivity index (χ2n) is 14.3. The highest BCUT2D eigenvalue weighted by atomic mass is 16.4. The number of aliphatic hydroxyl groups is 1. The lowest BCUT2D eigenvalue weighted by atomic mass is 9.99. The van der Waals surface area contributed by atoms with E-state index in [-0.39, 0.29) is 36.9 Å². The Labute approximate surface area is 287 Å². The van der Waals surface area contributed by atoms with Crippen molar-refractivity contribution in [3.8, 4) is 0 Å². The van der Waals surface area contributed by atoms with Crippen molar-refractivity contribution < 1.29 is 43.8 Å². The van der Waals surface area contributed by atoms with Crippen LogP contribution < -0.4 is 21.3 Å². The third-order valence-corrected chi connectivity index (χ3v) is 10.1. The van der Waals surface area contributed by atoms with Crippen LogP contribution in [0, 0.1) is 11.8 Å². The van der Waals surface area contributed by atoms with E-state index in [1.807, 2.05) is 0 Å². The maximum Gasteiger partial charge on any atom is 0.326 e. The first-order chi connectivity index (χ1) is 23.3. The van der Waals surface area contributed by atoms with Crippen molar-refractivity contribution in [2.75, 3.05) is 32.8 Å². The van der Waals surface area contributed by atoms with Crippen LogP contribution in [0.4, 0.5) is 0 Å². The highest BCUT2D eigenvalue weighted by Crippen LogP contribution is 2.27. The second-order valence-corrected chi connectivity index (χ2v) is 14.3. The van der Waals surface area contributed by atoms with Gasteiger partial charge < -0.3 is 46.2 Å². The van der Waals surface area contributed by atoms with E-state index in [1.54, 1.807) is 32.6 Å². The van der Waals surface area contributed by atoms with Gasteiger partial charge in [0.05, 0.1) is 12.6 Å². The molecule has 0 saturated carbocycles. The van der Waals surface area contributed by atoms with Crippen LogP contribution in [-0.2, 0) is 33.6 Å². The summed E-state index contributed by atoms with van der Waals surface area (Å²) in [7, 11) is 0. The predicted molar refractivity (Wildman–Crippen MR) is 175 cm³/mol. The van der Waals surface area contributed by atoms with Gasteiger partial charge in [-0.15, -0.1) is 0 Å². The van der Waals surface area contributed by atoms with Crippen LogP contribution in [-0.4, -0.2) is 141 Å². The van der Waals surface area contributed by atoms with E-state index in [0.29, 0.717) is 51.5 Å². The normalized spacial score (nSPS) is 25.7. The molecule has 0 radical (unpaired) electrons. The van der Waals surface area contributed by atoms with Crippen LogP contribution in [0.1, 0.15) is 79.1 Å². The molecule has 16 heteroatoms. The van der Waals surface area contributed by atoms with Crippen molar-refractivity contribution in [3.63, 3.8) is 0 Å². The quantitative estimate of drug-likeness (QED) is 0.132. The molecule has 0 aliphatic carbocycles. The summed E-state index contributed by atoms with van der Waals surface area (Å²) in [5, 5.41) is 30.7. The number of carbonyl (C=O) groups is 7. The maximum atomic E-state index is 13.9. The Morgan fingerprint density at radius 2 is 1.20 bits per heavy atom. The van der Waals surface area contributed by atoms with E-state index in [1.165, 1.54) is 9.80 Å². The zero-order valence-electron chi connectivity index (χ0n) is 29.0. The first kappa shape index (κ1) is 38.0. The number of hydrogen-bond donors (Lipinski definition) is 6. The molecule has 49 heavy (non-hydrogen) atoms. The van der Waals surface area contributed by atoms with Crippen molar-refractivity contribution in [2.24, 2.45) is 11.8 Å². The molecule has 0 spiro atoms. The fourth-order valence-electron chi connectivity index (χ4n) is 7.37. The van der Waals surface area contributed by atoms with Gasteiger partial charge in [0.15, 0.2) is 0 Å². The monoisotopic (exact) mass is 691 g/mol. The SMILES string of the molecule is CC(C)[C@H](NC(=O)[C@@H](NC(=O)[C@@H]1CCCN1C(=O)[C@@H]1CCCN1C(=O)[C@H](CO)NC(=O)[C@@H]1CCCN1C(=O)[C@@H]1CCCN1)C(C)C)C(=O)O. The number of aliphatic carboxylic acids is 1. The molecule has 7 atom stereocenters. The molecule has 0 bridgehead atoms. The average molecular weight is 692 g/mol. The van der Waals surface area contributed by atoms with E-state index in [0.717, 1.165) is 13.0 Å². The molecule has 4 saturated heterocycles. The highest BCUT2D eigenvalue weighted by Gasteiger charge is 2.45. The van der Waals surface area contributed by atoms with E-state index < -0.39 is 78.4 Å². The molecule has 4 heterocycles. The number of carbonyl (C=O) groups excluding carboxylic acids is 6. The summed E-state index contributed by atoms with van der Waals surface area (Å²) in [4.78, 5) is 96.6. The Balaban J connectivity index is 1.39. The predicted octanol–water partition coefficient (Wildman–Crippen LogP) is -1.45. The first-order valence-corrected chi connectivity index (χ1v) is 17.7. The first-order valence-electron chi connectivity index (χ1n) is 17.7. The standard InChI is InChI=1S/C33H53N7O9/c1-18(2)25(29(44)37-26(19(3)4)33(48)49)36-28(43)23-11-7-15-39(23)32(47)24-12-8-16-40(24)31(46)21(17-41)35-27(42)22-10-6-14-38(22)30(45)20-9-5-13-34-20/h18-26,34,41H,5-17H2,1-4H3,(H,35,42)(H,36,43)(H,37,44)(H,48,49)/t20-,21-,22-,23-,24-,25-,26-/m0/s1. The summed E-state index contributed by atoms with van der Waals surface area (Å²) < 4.78 is 0. The molecule has 4 aliphatic heterocycles. The number of likely N-dealkylation sites (tertiary alicyclic amines) is 3. The van der Waals surface area contributed by atoms with E-state index in [9.17, 15) is 43.8 Å². The lowest BCUT2D eigenvalue weighted by Gasteiger charge is -2.34. The molecule has 4 aliphatic rings. The summed E-state index contributed by atoms with van der Waals surface area (Å²) in [6.07, 6.45) is 4.38. The summed E-state index contributed by atoms with van der Waals surface area (Å²) >= 11 is 0. The van der Waals surface area contributed by atoms with Crippen LogP contribution in [0.25, 0.3) is 0 Å². The molecule has 4 rings (SSSR count). The minimum atomic E-state index is -1.31. The molecular formula is C33H53N7O9. The summed E-state index contributed by atoms with van der Waals surface area (Å²) in [6.45, 7) is 7.75. The van der Waals surface area contributed by atoms with Crippen LogP contribution in [0.15, 0.2) is 0 Å². The zero-order chi connectivity index (χ0) is 36.0. The van der Waals surface area contributed by atoms with Crippen molar-refractivity contribution in [1.29, 1.82) is 0 Å². The van der Waals surface area contributed by atoms with Gasteiger partial charge in [0.1, 0.15) is 36.3 Å². The average Bonchev–Trinajstić information content (AvgIpc) is 3.90. The van der Waals surface area contributed by atoms with Gasteiger partial charge >= 0.3 is 5.97 Å². The number of aliphatic hydroxyl groups excluding tert-OH is 1. The number of amides is 6. The lowest BCUT2D eigenvalue weighted by molar-refractivity contribution is -0.149. The number of carboxylic acids is 1.